The number of rotatable bonds is 0. The largest absolute Gasteiger partial charge is 0.161 e. The van der Waals surface area contributed by atoms with E-state index in [1.54, 1.807) is 0 Å². The van der Waals surface area contributed by atoms with Gasteiger partial charge in [-0.3, -0.25) is 0 Å². The highest BCUT2D eigenvalue weighted by atomic mass is 32.2. The predicted octanol–water partition coefficient (Wildman–Crippen LogP) is 3.16. The summed E-state index contributed by atoms with van der Waals surface area (Å²) in [4.78, 5) is 0. The van der Waals surface area contributed by atoms with Crippen LogP contribution in [-0.2, 0) is 0 Å². The zero-order chi connectivity index (χ0) is 10.1. The molecule has 0 spiro atoms. The van der Waals surface area contributed by atoms with E-state index in [2.05, 4.69) is 0 Å². The summed E-state index contributed by atoms with van der Waals surface area (Å²) in [5.41, 5.74) is 0. The maximum absolute atomic E-state index is 4.78. The predicted molar refractivity (Wildman–Crippen MR) is 73.8 cm³/mol. The second-order valence-corrected chi connectivity index (χ2v) is 8.99. The van der Waals surface area contributed by atoms with E-state index in [0.717, 1.165) is 5.92 Å². The topological polar surface area (TPSA) is 0 Å². The van der Waals surface area contributed by atoms with Crippen molar-refractivity contribution in [3.05, 3.63) is 0 Å². The average Bonchev–Trinajstić information content (AvgIpc) is 2.09. The van der Waals surface area contributed by atoms with Crippen molar-refractivity contribution in [1.82, 2.24) is 0 Å². The van der Waals surface area contributed by atoms with Crippen LogP contribution in [0, 0.1) is 23.7 Å². The first-order valence-corrected chi connectivity index (χ1v) is 7.10. The van der Waals surface area contributed by atoms with Crippen molar-refractivity contribution < 1.29 is 0 Å². The summed E-state index contributed by atoms with van der Waals surface area (Å²) in [5, 5.41) is 0. The second-order valence-electron chi connectivity index (χ2n) is 5.32. The smallest absolute Gasteiger partial charge is 0.0629 e. The maximum Gasteiger partial charge on any atom is 0.0629 e. The first-order valence-electron chi connectivity index (χ1n) is 5.32. The van der Waals surface area contributed by atoms with Crippen LogP contribution in [0.1, 0.15) is 25.7 Å². The molecule has 2 atom stereocenters. The molecule has 4 fully saturated rings. The Bertz CT molecular complexity index is 249. The third-order valence-corrected chi connectivity index (χ3v) is 7.31. The van der Waals surface area contributed by atoms with Crippen molar-refractivity contribution in [2.45, 2.75) is 33.8 Å². The monoisotopic (exact) mass is 264 g/mol. The fraction of sp³-hybridized carbons (Fsp3) is 1.00. The SMILES string of the molecule is SC1(S)C2CC3CC(C2)C(S)(S)C1C3. The molecule has 0 aromatic carbocycles. The summed E-state index contributed by atoms with van der Waals surface area (Å²) in [5.74, 6) is 2.74. The molecule has 0 radical (unpaired) electrons. The molecule has 4 aliphatic rings. The normalized spacial score (nSPS) is 52.3. The summed E-state index contributed by atoms with van der Waals surface area (Å²) in [7, 11) is 0. The van der Waals surface area contributed by atoms with Crippen molar-refractivity contribution in [3.8, 4) is 0 Å². The van der Waals surface area contributed by atoms with Crippen LogP contribution in [0.4, 0.5) is 0 Å². The van der Waals surface area contributed by atoms with E-state index in [1.807, 2.05) is 0 Å². The van der Waals surface area contributed by atoms with Crippen LogP contribution in [0.5, 0.6) is 0 Å². The Kier molecular flexibility index (Phi) is 2.25. The van der Waals surface area contributed by atoms with Crippen LogP contribution in [0.3, 0.4) is 0 Å². The zero-order valence-electron chi connectivity index (χ0n) is 7.93. The highest BCUT2D eigenvalue weighted by Crippen LogP contribution is 2.68. The molecular formula is C10H16S4. The molecule has 4 heteroatoms. The van der Waals surface area contributed by atoms with Crippen LogP contribution in [0.25, 0.3) is 0 Å². The standard InChI is InChI=1S/C10H16S4/c11-9(12)6-1-5-2-7(4-6)10(13,14)8(9)3-5/h5-8,11-14H,1-4H2. The summed E-state index contributed by atoms with van der Waals surface area (Å²) in [6.45, 7) is 0. The van der Waals surface area contributed by atoms with E-state index in [-0.39, 0.29) is 8.16 Å². The Hall–Kier alpha value is 1.40. The molecule has 4 bridgehead atoms. The molecule has 0 aliphatic heterocycles. The second kappa shape index (κ2) is 2.99. The minimum atomic E-state index is -0.128. The molecular weight excluding hydrogens is 248 g/mol. The molecule has 0 saturated heterocycles. The van der Waals surface area contributed by atoms with E-state index < -0.39 is 0 Å². The molecule has 0 amide bonds. The molecule has 4 rings (SSSR count). The van der Waals surface area contributed by atoms with Gasteiger partial charge in [-0.25, -0.2) is 0 Å². The molecule has 4 aliphatic carbocycles. The number of hydrogen-bond donors (Lipinski definition) is 4. The van der Waals surface area contributed by atoms with Crippen LogP contribution in [-0.4, -0.2) is 8.16 Å². The summed E-state index contributed by atoms with van der Waals surface area (Å²) in [6.07, 6.45) is 5.12. The molecule has 4 saturated carbocycles. The van der Waals surface area contributed by atoms with Gasteiger partial charge in [-0.15, -0.1) is 0 Å². The molecule has 80 valence electrons. The zero-order valence-corrected chi connectivity index (χ0v) is 11.5. The van der Waals surface area contributed by atoms with Gasteiger partial charge < -0.3 is 0 Å². The van der Waals surface area contributed by atoms with Crippen LogP contribution >= 0.6 is 50.5 Å². The summed E-state index contributed by atoms with van der Waals surface area (Å²) < 4.78 is -0.256. The Labute approximate surface area is 108 Å². The fourth-order valence-electron chi connectivity index (χ4n) is 3.89. The highest BCUT2D eigenvalue weighted by molar-refractivity contribution is 8.02. The number of hydrogen-bond acceptors (Lipinski definition) is 4. The highest BCUT2D eigenvalue weighted by Gasteiger charge is 2.62. The van der Waals surface area contributed by atoms with Crippen molar-refractivity contribution in [1.29, 1.82) is 0 Å². The van der Waals surface area contributed by atoms with Crippen LogP contribution < -0.4 is 0 Å². The quantitative estimate of drug-likeness (QED) is 0.375. The van der Waals surface area contributed by atoms with Gasteiger partial charge >= 0.3 is 0 Å². The van der Waals surface area contributed by atoms with Crippen molar-refractivity contribution >= 4 is 50.5 Å². The summed E-state index contributed by atoms with van der Waals surface area (Å²) in [6, 6.07) is 0. The molecule has 0 aromatic heterocycles. The van der Waals surface area contributed by atoms with Crippen LogP contribution in [0.2, 0.25) is 0 Å². The van der Waals surface area contributed by atoms with Gasteiger partial charge in [0.25, 0.3) is 0 Å². The van der Waals surface area contributed by atoms with Gasteiger partial charge in [-0.05, 0) is 43.4 Å². The van der Waals surface area contributed by atoms with E-state index in [1.165, 1.54) is 25.7 Å². The molecule has 0 nitrogen and oxygen atoms in total. The molecule has 14 heavy (non-hydrogen) atoms. The molecule has 0 aromatic rings. The lowest BCUT2D eigenvalue weighted by molar-refractivity contribution is 0.0138. The van der Waals surface area contributed by atoms with Crippen molar-refractivity contribution in [3.63, 3.8) is 0 Å². The fourth-order valence-corrected chi connectivity index (χ4v) is 6.37. The van der Waals surface area contributed by atoms with Gasteiger partial charge in [0.1, 0.15) is 0 Å². The Morgan fingerprint density at radius 1 is 0.714 bits per heavy atom. The molecule has 0 heterocycles. The van der Waals surface area contributed by atoms with Gasteiger partial charge in [0, 0.05) is 5.92 Å². The first kappa shape index (κ1) is 10.5. The van der Waals surface area contributed by atoms with Crippen molar-refractivity contribution in [2.24, 2.45) is 23.7 Å². The minimum Gasteiger partial charge on any atom is -0.161 e. The molecule has 2 unspecified atom stereocenters. The van der Waals surface area contributed by atoms with Crippen LogP contribution in [0.15, 0.2) is 0 Å². The Morgan fingerprint density at radius 3 is 1.71 bits per heavy atom. The van der Waals surface area contributed by atoms with Gasteiger partial charge in [0.05, 0.1) is 8.16 Å². The third kappa shape index (κ3) is 1.20. The Balaban J connectivity index is 2.04. The Morgan fingerprint density at radius 2 is 1.21 bits per heavy atom. The summed E-state index contributed by atoms with van der Waals surface area (Å²) >= 11 is 19.1. The lowest BCUT2D eigenvalue weighted by atomic mass is 9.55. The average molecular weight is 265 g/mol. The lowest BCUT2D eigenvalue weighted by Crippen LogP contribution is -2.61. The van der Waals surface area contributed by atoms with Crippen molar-refractivity contribution in [2.75, 3.05) is 0 Å². The lowest BCUT2D eigenvalue weighted by Gasteiger charge is -2.64. The van der Waals surface area contributed by atoms with E-state index >= 15 is 0 Å². The number of thiol groups is 4. The third-order valence-electron chi connectivity index (χ3n) is 4.60. The van der Waals surface area contributed by atoms with Gasteiger partial charge in [0.2, 0.25) is 0 Å². The molecule has 0 N–H and O–H groups in total. The van der Waals surface area contributed by atoms with Gasteiger partial charge in [-0.2, -0.15) is 50.5 Å². The first-order chi connectivity index (χ1) is 6.42. The maximum atomic E-state index is 4.78. The van der Waals surface area contributed by atoms with E-state index in [9.17, 15) is 0 Å². The van der Waals surface area contributed by atoms with E-state index in [4.69, 9.17) is 50.5 Å². The van der Waals surface area contributed by atoms with Gasteiger partial charge in [-0.1, -0.05) is 0 Å². The van der Waals surface area contributed by atoms with E-state index in [0.29, 0.717) is 17.8 Å². The minimum absolute atomic E-state index is 0.128. The van der Waals surface area contributed by atoms with Gasteiger partial charge in [0.15, 0.2) is 0 Å².